The van der Waals surface area contributed by atoms with Gasteiger partial charge in [-0.15, -0.1) is 0 Å². The minimum absolute atomic E-state index is 0.195. The molecule has 0 saturated carbocycles. The molecule has 0 radical (unpaired) electrons. The number of hydrogen-bond donors (Lipinski definition) is 2. The van der Waals surface area contributed by atoms with Crippen molar-refractivity contribution in [3.63, 3.8) is 0 Å². The Morgan fingerprint density at radius 3 is 2.62 bits per heavy atom. The fourth-order valence-corrected chi connectivity index (χ4v) is 3.76. The van der Waals surface area contributed by atoms with Crippen molar-refractivity contribution in [3.8, 4) is 0 Å². The molecule has 1 aliphatic heterocycles. The molecule has 0 aliphatic carbocycles. The number of anilines is 1. The van der Waals surface area contributed by atoms with Crippen LogP contribution in [0.2, 0.25) is 0 Å². The highest BCUT2D eigenvalue weighted by atomic mass is 32.2. The van der Waals surface area contributed by atoms with E-state index in [1.807, 2.05) is 6.07 Å². The number of benzene rings is 1. The lowest BCUT2D eigenvalue weighted by Crippen LogP contribution is -2.48. The summed E-state index contributed by atoms with van der Waals surface area (Å²) in [4.78, 5) is 2.55. The van der Waals surface area contributed by atoms with E-state index >= 15 is 0 Å². The average molecular weight is 311 g/mol. The third kappa shape index (κ3) is 3.75. The number of likely N-dealkylation sites (tertiary alicyclic amines) is 1. The van der Waals surface area contributed by atoms with E-state index in [1.165, 1.54) is 0 Å². The summed E-state index contributed by atoms with van der Waals surface area (Å²) in [5.41, 5.74) is 1.49. The van der Waals surface area contributed by atoms with Gasteiger partial charge in [-0.05, 0) is 50.9 Å². The molecule has 1 fully saturated rings. The van der Waals surface area contributed by atoms with Crippen molar-refractivity contribution in [1.82, 2.24) is 4.90 Å². The lowest BCUT2D eigenvalue weighted by Gasteiger charge is -2.40. The molecule has 0 aromatic heterocycles. The maximum absolute atomic E-state index is 11.6. The highest BCUT2D eigenvalue weighted by Gasteiger charge is 2.28. The Bertz CT molecular complexity index is 615. The van der Waals surface area contributed by atoms with Gasteiger partial charge in [-0.25, -0.2) is 13.6 Å². The van der Waals surface area contributed by atoms with E-state index in [4.69, 9.17) is 5.14 Å². The Hall–Kier alpha value is -1.11. The second-order valence-corrected chi connectivity index (χ2v) is 7.81. The zero-order valence-electron chi connectivity index (χ0n) is 13.1. The Kier molecular flexibility index (Phi) is 4.60. The van der Waals surface area contributed by atoms with Crippen LogP contribution in [0.5, 0.6) is 0 Å². The number of rotatable bonds is 3. The molecule has 0 bridgehead atoms. The lowest BCUT2D eigenvalue weighted by atomic mass is 9.89. The predicted octanol–water partition coefficient (Wildman–Crippen LogP) is 1.78. The van der Waals surface area contributed by atoms with E-state index in [-0.39, 0.29) is 4.90 Å². The van der Waals surface area contributed by atoms with E-state index in [2.05, 4.69) is 31.1 Å². The third-order valence-electron chi connectivity index (χ3n) is 4.46. The first kappa shape index (κ1) is 16.3. The number of nitrogens with two attached hydrogens (primary N) is 1. The molecule has 3 unspecified atom stereocenters. The largest absolute Gasteiger partial charge is 0.382 e. The second-order valence-electron chi connectivity index (χ2n) is 6.28. The molecule has 2 rings (SSSR count). The third-order valence-corrected chi connectivity index (χ3v) is 5.51. The number of hydrogen-bond acceptors (Lipinski definition) is 4. The van der Waals surface area contributed by atoms with Crippen LogP contribution in [0.4, 0.5) is 5.69 Å². The van der Waals surface area contributed by atoms with Gasteiger partial charge in [0, 0.05) is 24.3 Å². The fourth-order valence-electron chi connectivity index (χ4n) is 2.95. The van der Waals surface area contributed by atoms with Gasteiger partial charge in [0.15, 0.2) is 0 Å². The van der Waals surface area contributed by atoms with Crippen molar-refractivity contribution in [1.29, 1.82) is 0 Å². The van der Waals surface area contributed by atoms with Gasteiger partial charge < -0.3 is 10.2 Å². The SMILES string of the molecule is Cc1ccc(NC2CC(C)N(C)CC2C)cc1S(N)(=O)=O. The van der Waals surface area contributed by atoms with Gasteiger partial charge in [-0.2, -0.15) is 0 Å². The monoisotopic (exact) mass is 311 g/mol. The van der Waals surface area contributed by atoms with E-state index in [9.17, 15) is 8.42 Å². The molecule has 3 atom stereocenters. The van der Waals surface area contributed by atoms with Crippen LogP contribution in [0, 0.1) is 12.8 Å². The first-order valence-corrected chi connectivity index (χ1v) is 8.83. The zero-order chi connectivity index (χ0) is 15.8. The van der Waals surface area contributed by atoms with Gasteiger partial charge in [0.25, 0.3) is 0 Å². The van der Waals surface area contributed by atoms with Crippen molar-refractivity contribution in [2.24, 2.45) is 11.1 Å². The molecule has 1 heterocycles. The van der Waals surface area contributed by atoms with Crippen LogP contribution in [-0.4, -0.2) is 39.0 Å². The smallest absolute Gasteiger partial charge is 0.238 e. The lowest BCUT2D eigenvalue weighted by molar-refractivity contribution is 0.145. The second kappa shape index (κ2) is 5.94. The fraction of sp³-hybridized carbons (Fsp3) is 0.600. The summed E-state index contributed by atoms with van der Waals surface area (Å²) in [5.74, 6) is 0.505. The van der Waals surface area contributed by atoms with Crippen LogP contribution in [0.25, 0.3) is 0 Å². The molecule has 1 aromatic carbocycles. The van der Waals surface area contributed by atoms with Crippen LogP contribution in [0.1, 0.15) is 25.8 Å². The van der Waals surface area contributed by atoms with E-state index < -0.39 is 10.0 Å². The summed E-state index contributed by atoms with van der Waals surface area (Å²) in [6.45, 7) is 7.22. The maximum atomic E-state index is 11.6. The van der Waals surface area contributed by atoms with Crippen LogP contribution >= 0.6 is 0 Å². The molecule has 3 N–H and O–H groups in total. The summed E-state index contributed by atoms with van der Waals surface area (Å²) >= 11 is 0. The molecule has 5 nitrogen and oxygen atoms in total. The summed E-state index contributed by atoms with van der Waals surface area (Å²) < 4.78 is 23.2. The zero-order valence-corrected chi connectivity index (χ0v) is 13.9. The van der Waals surface area contributed by atoms with Crippen molar-refractivity contribution < 1.29 is 8.42 Å². The van der Waals surface area contributed by atoms with E-state index in [0.29, 0.717) is 23.6 Å². The predicted molar refractivity (Wildman–Crippen MR) is 85.8 cm³/mol. The minimum Gasteiger partial charge on any atom is -0.382 e. The van der Waals surface area contributed by atoms with Crippen LogP contribution in [0.3, 0.4) is 0 Å². The quantitative estimate of drug-likeness (QED) is 0.892. The molecule has 21 heavy (non-hydrogen) atoms. The topological polar surface area (TPSA) is 75.4 Å². The van der Waals surface area contributed by atoms with Crippen molar-refractivity contribution >= 4 is 15.7 Å². The molecule has 1 aliphatic rings. The first-order valence-electron chi connectivity index (χ1n) is 7.28. The minimum atomic E-state index is -3.68. The van der Waals surface area contributed by atoms with E-state index in [0.717, 1.165) is 18.7 Å². The number of primary sulfonamides is 1. The summed E-state index contributed by atoms with van der Waals surface area (Å²) in [6, 6.07) is 6.21. The van der Waals surface area contributed by atoms with Gasteiger partial charge in [-0.3, -0.25) is 0 Å². The van der Waals surface area contributed by atoms with Crippen LogP contribution in [0.15, 0.2) is 23.1 Å². The molecular weight excluding hydrogens is 286 g/mol. The number of nitrogens with zero attached hydrogens (tertiary/aromatic N) is 1. The van der Waals surface area contributed by atoms with Crippen molar-refractivity contribution in [2.75, 3.05) is 18.9 Å². The maximum Gasteiger partial charge on any atom is 0.238 e. The standard InChI is InChI=1S/C15H25N3O2S/c1-10-5-6-13(8-15(10)21(16,19)20)17-14-7-12(3)18(4)9-11(14)2/h5-6,8,11-12,14,17H,7,9H2,1-4H3,(H2,16,19,20). The molecule has 118 valence electrons. The van der Waals surface area contributed by atoms with Gasteiger partial charge in [-0.1, -0.05) is 13.0 Å². The van der Waals surface area contributed by atoms with E-state index in [1.54, 1.807) is 19.1 Å². The van der Waals surface area contributed by atoms with Gasteiger partial charge in [0.05, 0.1) is 4.90 Å². The summed E-state index contributed by atoms with van der Waals surface area (Å²) in [6.07, 6.45) is 1.04. The van der Waals surface area contributed by atoms with Crippen molar-refractivity contribution in [3.05, 3.63) is 23.8 Å². The molecule has 0 spiro atoms. The Balaban J connectivity index is 2.20. The van der Waals surface area contributed by atoms with Crippen LogP contribution in [-0.2, 0) is 10.0 Å². The van der Waals surface area contributed by atoms with Gasteiger partial charge in [0.2, 0.25) is 10.0 Å². The number of nitrogens with one attached hydrogen (secondary N) is 1. The first-order chi connectivity index (χ1) is 9.68. The molecule has 1 aromatic rings. The van der Waals surface area contributed by atoms with Crippen LogP contribution < -0.4 is 10.5 Å². The number of aryl methyl sites for hydroxylation is 1. The highest BCUT2D eigenvalue weighted by Crippen LogP contribution is 2.26. The number of sulfonamides is 1. The van der Waals surface area contributed by atoms with Gasteiger partial charge in [0.1, 0.15) is 0 Å². The van der Waals surface area contributed by atoms with Gasteiger partial charge >= 0.3 is 0 Å². The Labute approximate surface area is 127 Å². The Morgan fingerprint density at radius 2 is 2.00 bits per heavy atom. The summed E-state index contributed by atoms with van der Waals surface area (Å²) in [5, 5.41) is 8.74. The molecule has 6 heteroatoms. The molecule has 0 amide bonds. The normalized spacial score (nSPS) is 27.6. The molecular formula is C15H25N3O2S. The average Bonchev–Trinajstić information content (AvgIpc) is 2.37. The number of piperidine rings is 1. The highest BCUT2D eigenvalue weighted by molar-refractivity contribution is 7.89. The molecule has 1 saturated heterocycles. The van der Waals surface area contributed by atoms with Crippen molar-refractivity contribution in [2.45, 2.75) is 44.2 Å². The Morgan fingerprint density at radius 1 is 1.33 bits per heavy atom. The summed E-state index contributed by atoms with van der Waals surface area (Å²) in [7, 11) is -1.54.